The summed E-state index contributed by atoms with van der Waals surface area (Å²) in [6.07, 6.45) is 58.4. The van der Waals surface area contributed by atoms with Crippen LogP contribution in [-0.4, -0.2) is 60.5 Å². The molecule has 0 saturated heterocycles. The Morgan fingerprint density at radius 2 is 0.873 bits per heavy atom. The largest absolute Gasteiger partial charge is 0.480 e. The molecule has 10 nitrogen and oxygen atoms in total. The lowest BCUT2D eigenvalue weighted by molar-refractivity contribution is -0.154. The minimum Gasteiger partial charge on any atom is -0.480 e. The first-order valence-corrected chi connectivity index (χ1v) is 26.8. The molecule has 0 aliphatic carbocycles. The lowest BCUT2D eigenvalue weighted by Gasteiger charge is -2.20. The minimum absolute atomic E-state index is 0.00768. The molecule has 11 heteroatoms. The highest BCUT2D eigenvalue weighted by molar-refractivity contribution is 7.47. The first-order valence-electron chi connectivity index (χ1n) is 25.3. The second-order valence-electron chi connectivity index (χ2n) is 16.9. The van der Waals surface area contributed by atoms with Gasteiger partial charge in [0, 0.05) is 13.0 Å². The van der Waals surface area contributed by atoms with Crippen molar-refractivity contribution in [3.8, 4) is 0 Å². The molecule has 0 fully saturated rings. The number of carbonyl (C=O) groups is 2. The molecule has 0 aromatic rings. The third-order valence-corrected chi connectivity index (χ3v) is 11.7. The smallest absolute Gasteiger partial charge is 0.472 e. The van der Waals surface area contributed by atoms with Crippen molar-refractivity contribution >= 4 is 19.8 Å². The quantitative estimate of drug-likeness (QED) is 0.0233. The molecule has 3 unspecified atom stereocenters. The number of hydrogen-bond acceptors (Lipinski definition) is 8. The molecule has 0 heterocycles. The van der Waals surface area contributed by atoms with E-state index in [1.165, 1.54) is 116 Å². The number of hydrogen-bond donors (Lipinski definition) is 3. The molecule has 63 heavy (non-hydrogen) atoms. The SMILES string of the molecule is CCCCC/C=C\C/C=C\C/C=C\CCCCCCCCC(=O)OC(COCCCCCCCCCCCC/C=C\C/C=C\CCCCCCC)COP(=O)(O)OCC(N)C(=O)O. The lowest BCUT2D eigenvalue weighted by Crippen LogP contribution is -2.34. The predicted octanol–water partition coefficient (Wildman–Crippen LogP) is 14.8. The number of phosphoric ester groups is 1. The van der Waals surface area contributed by atoms with E-state index in [1.807, 2.05) is 0 Å². The van der Waals surface area contributed by atoms with E-state index >= 15 is 0 Å². The van der Waals surface area contributed by atoms with Crippen LogP contribution in [0.3, 0.4) is 0 Å². The van der Waals surface area contributed by atoms with Gasteiger partial charge in [0.05, 0.1) is 19.8 Å². The highest BCUT2D eigenvalue weighted by atomic mass is 31.2. The zero-order valence-corrected chi connectivity index (χ0v) is 41.1. The van der Waals surface area contributed by atoms with Gasteiger partial charge in [0.2, 0.25) is 0 Å². The highest BCUT2D eigenvalue weighted by Crippen LogP contribution is 2.43. The van der Waals surface area contributed by atoms with Crippen LogP contribution in [0.5, 0.6) is 0 Å². The maximum absolute atomic E-state index is 12.7. The van der Waals surface area contributed by atoms with Crippen LogP contribution in [0, 0.1) is 0 Å². The van der Waals surface area contributed by atoms with Crippen LogP contribution in [0.2, 0.25) is 0 Å². The summed E-state index contributed by atoms with van der Waals surface area (Å²) in [6.45, 7) is 3.84. The summed E-state index contributed by atoms with van der Waals surface area (Å²) < 4.78 is 33.5. The Hall–Kier alpha value is -2.33. The summed E-state index contributed by atoms with van der Waals surface area (Å²) in [5.41, 5.74) is 5.37. The topological polar surface area (TPSA) is 155 Å². The summed E-state index contributed by atoms with van der Waals surface area (Å²) >= 11 is 0. The van der Waals surface area contributed by atoms with Crippen molar-refractivity contribution in [3.05, 3.63) is 60.8 Å². The van der Waals surface area contributed by atoms with Crippen LogP contribution in [-0.2, 0) is 32.7 Å². The van der Waals surface area contributed by atoms with Crippen molar-refractivity contribution in [1.82, 2.24) is 0 Å². The number of carboxylic acids is 1. The van der Waals surface area contributed by atoms with Crippen molar-refractivity contribution in [2.45, 2.75) is 231 Å². The van der Waals surface area contributed by atoms with Crippen molar-refractivity contribution in [3.63, 3.8) is 0 Å². The Morgan fingerprint density at radius 1 is 0.508 bits per heavy atom. The van der Waals surface area contributed by atoms with Crippen molar-refractivity contribution in [1.29, 1.82) is 0 Å². The van der Waals surface area contributed by atoms with E-state index in [4.69, 9.17) is 29.4 Å². The van der Waals surface area contributed by atoms with Crippen LogP contribution < -0.4 is 5.73 Å². The van der Waals surface area contributed by atoms with Gasteiger partial charge in [-0.25, -0.2) is 4.57 Å². The van der Waals surface area contributed by atoms with E-state index in [1.54, 1.807) is 0 Å². The molecule has 3 atom stereocenters. The molecule has 0 aromatic carbocycles. The number of carbonyl (C=O) groups excluding carboxylic acids is 1. The number of allylic oxidation sites excluding steroid dienone is 10. The predicted molar refractivity (Wildman–Crippen MR) is 263 cm³/mol. The van der Waals surface area contributed by atoms with E-state index in [-0.39, 0.29) is 13.0 Å². The number of phosphoric acid groups is 1. The minimum atomic E-state index is -4.63. The van der Waals surface area contributed by atoms with Gasteiger partial charge in [-0.1, -0.05) is 190 Å². The molecule has 0 amide bonds. The van der Waals surface area contributed by atoms with E-state index in [0.29, 0.717) is 13.0 Å². The molecule has 0 aromatic heterocycles. The Balaban J connectivity index is 4.18. The van der Waals surface area contributed by atoms with E-state index in [0.717, 1.165) is 77.0 Å². The van der Waals surface area contributed by atoms with Gasteiger partial charge in [0.15, 0.2) is 0 Å². The van der Waals surface area contributed by atoms with Gasteiger partial charge in [-0.3, -0.25) is 18.6 Å². The number of carboxylic acid groups (broad SMARTS) is 1. The van der Waals surface area contributed by atoms with Crippen molar-refractivity contribution in [2.75, 3.05) is 26.4 Å². The lowest BCUT2D eigenvalue weighted by atomic mass is 10.1. The molecule has 0 saturated carbocycles. The van der Waals surface area contributed by atoms with E-state index in [9.17, 15) is 19.0 Å². The highest BCUT2D eigenvalue weighted by Gasteiger charge is 2.27. The second kappa shape index (κ2) is 47.6. The summed E-state index contributed by atoms with van der Waals surface area (Å²) in [7, 11) is -4.63. The fraction of sp³-hybridized carbons (Fsp3) is 0.769. The number of nitrogens with two attached hydrogens (primary N) is 1. The fourth-order valence-electron chi connectivity index (χ4n) is 6.82. The average Bonchev–Trinajstić information content (AvgIpc) is 3.26. The van der Waals surface area contributed by atoms with Crippen molar-refractivity contribution in [2.24, 2.45) is 5.73 Å². The van der Waals surface area contributed by atoms with Crippen LogP contribution in [0.25, 0.3) is 0 Å². The van der Waals surface area contributed by atoms with Crippen LogP contribution >= 0.6 is 7.82 Å². The summed E-state index contributed by atoms with van der Waals surface area (Å²) in [6, 6.07) is -1.48. The van der Waals surface area contributed by atoms with Gasteiger partial charge in [-0.2, -0.15) is 0 Å². The first kappa shape index (κ1) is 60.7. The van der Waals surface area contributed by atoms with Gasteiger partial charge < -0.3 is 25.2 Å². The molecule has 4 N–H and O–H groups in total. The molecular formula is C52H94NO9P. The summed E-state index contributed by atoms with van der Waals surface area (Å²) in [4.78, 5) is 33.7. The third-order valence-electron chi connectivity index (χ3n) is 10.8. The zero-order chi connectivity index (χ0) is 46.2. The molecule has 366 valence electrons. The normalized spacial score (nSPS) is 14.2. The van der Waals surface area contributed by atoms with E-state index < -0.39 is 45.1 Å². The van der Waals surface area contributed by atoms with Gasteiger partial charge in [-0.05, 0) is 83.5 Å². The second-order valence-corrected chi connectivity index (χ2v) is 18.4. The zero-order valence-electron chi connectivity index (χ0n) is 40.2. The Bertz CT molecular complexity index is 1230. The summed E-state index contributed by atoms with van der Waals surface area (Å²) in [5, 5.41) is 8.93. The van der Waals surface area contributed by atoms with Crippen LogP contribution in [0.4, 0.5) is 0 Å². The number of aliphatic carboxylic acids is 1. The molecule has 0 spiro atoms. The Labute approximate surface area is 385 Å². The fourth-order valence-corrected chi connectivity index (χ4v) is 7.60. The molecular weight excluding hydrogens is 814 g/mol. The number of esters is 1. The molecule has 0 aliphatic heterocycles. The molecule has 0 aliphatic rings. The average molecular weight is 908 g/mol. The maximum Gasteiger partial charge on any atom is 0.472 e. The number of ether oxygens (including phenoxy) is 2. The molecule has 0 rings (SSSR count). The van der Waals surface area contributed by atoms with E-state index in [2.05, 4.69) is 74.6 Å². The Morgan fingerprint density at radius 3 is 1.33 bits per heavy atom. The van der Waals surface area contributed by atoms with Gasteiger partial charge >= 0.3 is 19.8 Å². The number of rotatable bonds is 48. The molecule has 0 bridgehead atoms. The number of unbranched alkanes of at least 4 members (excludes halogenated alkanes) is 24. The van der Waals surface area contributed by atoms with Gasteiger partial charge in [0.1, 0.15) is 12.1 Å². The van der Waals surface area contributed by atoms with Crippen LogP contribution in [0.1, 0.15) is 219 Å². The van der Waals surface area contributed by atoms with Gasteiger partial charge in [0.25, 0.3) is 0 Å². The Kier molecular flexibility index (Phi) is 45.9. The standard InChI is InChI=1S/C52H94NO9P/c1-3-5-7-9-11-13-15-17-19-21-23-24-25-27-29-31-33-35-37-39-41-43-45-59-46-49(47-60-63(57,58)61-48-50(53)52(55)56)62-51(54)44-42-40-38-36-34-32-30-28-26-22-20-18-16-14-12-10-8-6-4-2/h12,14-15,17-18,20-21,23,26,28,49-50H,3-11,13,16,19,22,24-25,27,29-48,53H2,1-2H3,(H,55,56)(H,57,58)/b14-12-,17-15-,20-18-,23-21-,28-26-. The first-order chi connectivity index (χ1) is 30.7. The monoisotopic (exact) mass is 908 g/mol. The van der Waals surface area contributed by atoms with Crippen molar-refractivity contribution < 1.29 is 42.7 Å². The molecule has 0 radical (unpaired) electrons. The summed E-state index contributed by atoms with van der Waals surface area (Å²) in [5.74, 6) is -1.79. The maximum atomic E-state index is 12.7. The third kappa shape index (κ3) is 47.5. The van der Waals surface area contributed by atoms with Gasteiger partial charge in [-0.15, -0.1) is 0 Å². The van der Waals surface area contributed by atoms with Crippen LogP contribution in [0.15, 0.2) is 60.8 Å².